The summed E-state index contributed by atoms with van der Waals surface area (Å²) >= 11 is 0. The normalized spacial score (nSPS) is 14.6. The third-order valence-electron chi connectivity index (χ3n) is 5.15. The molecule has 0 atom stereocenters. The van der Waals surface area contributed by atoms with E-state index in [1.165, 1.54) is 11.1 Å². The zero-order chi connectivity index (χ0) is 20.5. The number of phenolic OH excluding ortho intramolecular Hbond substituents is 1. The lowest BCUT2D eigenvalue weighted by Gasteiger charge is -2.34. The van der Waals surface area contributed by atoms with E-state index in [1.807, 2.05) is 36.1 Å². The second-order valence-electron chi connectivity index (χ2n) is 7.34. The van der Waals surface area contributed by atoms with Gasteiger partial charge in [0.15, 0.2) is 0 Å². The summed E-state index contributed by atoms with van der Waals surface area (Å²) in [6.45, 7) is 7.49. The molecule has 3 rings (SSSR count). The minimum Gasteiger partial charge on any atom is -0.508 e. The Hall–Kier alpha value is -2.73. The van der Waals surface area contributed by atoms with E-state index in [0.717, 1.165) is 51.3 Å². The highest BCUT2D eigenvalue weighted by Gasteiger charge is 2.20. The molecule has 1 aliphatic heterocycles. The van der Waals surface area contributed by atoms with Gasteiger partial charge in [-0.1, -0.05) is 24.3 Å². The average Bonchev–Trinajstić information content (AvgIpc) is 2.74. The minimum atomic E-state index is 0.0245. The standard InChI is InChI=1S/C23H31N3O3/c1-2-29-22-11-7-20(8-12-22)18-25-14-16-26(17-15-25)23(28)24-13-3-4-19-5-9-21(27)10-6-19/h5-12,27H,2-4,13-18H2,1H3,(H,24,28). The van der Waals surface area contributed by atoms with Crippen molar-refractivity contribution in [2.24, 2.45) is 0 Å². The monoisotopic (exact) mass is 397 g/mol. The molecule has 0 aromatic heterocycles. The molecule has 1 aliphatic rings. The van der Waals surface area contributed by atoms with E-state index in [1.54, 1.807) is 12.1 Å². The van der Waals surface area contributed by atoms with Gasteiger partial charge in [-0.2, -0.15) is 0 Å². The van der Waals surface area contributed by atoms with E-state index < -0.39 is 0 Å². The SMILES string of the molecule is CCOc1ccc(CN2CCN(C(=O)NCCCc3ccc(O)cc3)CC2)cc1. The lowest BCUT2D eigenvalue weighted by molar-refractivity contribution is 0.135. The summed E-state index contributed by atoms with van der Waals surface area (Å²) in [4.78, 5) is 16.6. The van der Waals surface area contributed by atoms with Crippen molar-refractivity contribution in [3.05, 3.63) is 59.7 Å². The quantitative estimate of drug-likeness (QED) is 0.671. The number of piperazine rings is 1. The number of rotatable bonds is 8. The summed E-state index contributed by atoms with van der Waals surface area (Å²) < 4.78 is 5.49. The van der Waals surface area contributed by atoms with E-state index in [2.05, 4.69) is 22.3 Å². The van der Waals surface area contributed by atoms with Crippen LogP contribution in [-0.2, 0) is 13.0 Å². The molecule has 1 saturated heterocycles. The number of hydrogen-bond acceptors (Lipinski definition) is 4. The van der Waals surface area contributed by atoms with E-state index in [0.29, 0.717) is 13.2 Å². The summed E-state index contributed by atoms with van der Waals surface area (Å²) in [7, 11) is 0. The third-order valence-corrected chi connectivity index (χ3v) is 5.15. The highest BCUT2D eigenvalue weighted by molar-refractivity contribution is 5.74. The minimum absolute atomic E-state index is 0.0245. The van der Waals surface area contributed by atoms with Crippen LogP contribution in [-0.4, -0.2) is 60.3 Å². The molecule has 29 heavy (non-hydrogen) atoms. The van der Waals surface area contributed by atoms with Crippen LogP contribution in [0.3, 0.4) is 0 Å². The molecule has 6 heteroatoms. The highest BCUT2D eigenvalue weighted by atomic mass is 16.5. The molecule has 156 valence electrons. The maximum Gasteiger partial charge on any atom is 0.317 e. The number of ether oxygens (including phenoxy) is 1. The molecule has 2 aromatic carbocycles. The van der Waals surface area contributed by atoms with Gasteiger partial charge in [0, 0.05) is 39.3 Å². The van der Waals surface area contributed by atoms with Gasteiger partial charge in [-0.15, -0.1) is 0 Å². The number of nitrogens with one attached hydrogen (secondary N) is 1. The molecule has 0 spiro atoms. The molecule has 1 fully saturated rings. The Balaban J connectivity index is 1.33. The number of carbonyl (C=O) groups is 1. The van der Waals surface area contributed by atoms with E-state index in [9.17, 15) is 9.90 Å². The van der Waals surface area contributed by atoms with Crippen LogP contribution in [0.5, 0.6) is 11.5 Å². The van der Waals surface area contributed by atoms with Crippen molar-refractivity contribution in [3.63, 3.8) is 0 Å². The number of benzene rings is 2. The molecule has 0 saturated carbocycles. The predicted octanol–water partition coefficient (Wildman–Crippen LogP) is 3.25. The largest absolute Gasteiger partial charge is 0.508 e. The van der Waals surface area contributed by atoms with Crippen molar-refractivity contribution < 1.29 is 14.6 Å². The first-order valence-electron chi connectivity index (χ1n) is 10.4. The maximum absolute atomic E-state index is 12.4. The van der Waals surface area contributed by atoms with Crippen molar-refractivity contribution in [1.82, 2.24) is 15.1 Å². The topological polar surface area (TPSA) is 65.0 Å². The fraction of sp³-hybridized carbons (Fsp3) is 0.435. The lowest BCUT2D eigenvalue weighted by atomic mass is 10.1. The van der Waals surface area contributed by atoms with Crippen LogP contribution < -0.4 is 10.1 Å². The summed E-state index contributed by atoms with van der Waals surface area (Å²) in [6.07, 6.45) is 1.77. The average molecular weight is 398 g/mol. The van der Waals surface area contributed by atoms with Crippen LogP contribution in [0.15, 0.2) is 48.5 Å². The number of nitrogens with zero attached hydrogens (tertiary/aromatic N) is 2. The van der Waals surface area contributed by atoms with E-state index in [4.69, 9.17) is 4.74 Å². The lowest BCUT2D eigenvalue weighted by Crippen LogP contribution is -2.51. The molecule has 6 nitrogen and oxygen atoms in total. The Kier molecular flexibility index (Phi) is 7.76. The van der Waals surface area contributed by atoms with Gasteiger partial charge in [-0.25, -0.2) is 4.79 Å². The second kappa shape index (κ2) is 10.7. The third kappa shape index (κ3) is 6.68. The van der Waals surface area contributed by atoms with Crippen LogP contribution in [0.25, 0.3) is 0 Å². The van der Waals surface area contributed by atoms with Gasteiger partial charge in [-0.3, -0.25) is 4.90 Å². The fourth-order valence-corrected chi connectivity index (χ4v) is 3.49. The van der Waals surface area contributed by atoms with Crippen molar-refractivity contribution in [3.8, 4) is 11.5 Å². The van der Waals surface area contributed by atoms with Crippen LogP contribution in [0.2, 0.25) is 0 Å². The predicted molar refractivity (Wildman–Crippen MR) is 114 cm³/mol. The highest BCUT2D eigenvalue weighted by Crippen LogP contribution is 2.15. The zero-order valence-corrected chi connectivity index (χ0v) is 17.1. The Morgan fingerprint density at radius 3 is 2.31 bits per heavy atom. The molecular weight excluding hydrogens is 366 g/mol. The van der Waals surface area contributed by atoms with Gasteiger partial charge in [0.2, 0.25) is 0 Å². The van der Waals surface area contributed by atoms with E-state index in [-0.39, 0.29) is 11.8 Å². The molecule has 0 radical (unpaired) electrons. The van der Waals surface area contributed by atoms with Gasteiger partial charge in [0.05, 0.1) is 6.61 Å². The number of phenols is 1. The van der Waals surface area contributed by atoms with Crippen LogP contribution in [0, 0.1) is 0 Å². The summed E-state index contributed by atoms with van der Waals surface area (Å²) in [6, 6.07) is 15.5. The van der Waals surface area contributed by atoms with Crippen molar-refractivity contribution in [2.45, 2.75) is 26.3 Å². The molecule has 0 unspecified atom stereocenters. The van der Waals surface area contributed by atoms with Gasteiger partial charge in [0.1, 0.15) is 11.5 Å². The summed E-state index contributed by atoms with van der Waals surface area (Å²) in [5.74, 6) is 1.19. The smallest absolute Gasteiger partial charge is 0.317 e. The van der Waals surface area contributed by atoms with Crippen molar-refractivity contribution in [1.29, 1.82) is 0 Å². The Labute approximate surface area is 173 Å². The molecule has 2 amide bonds. The molecule has 0 aliphatic carbocycles. The van der Waals surface area contributed by atoms with Crippen molar-refractivity contribution >= 4 is 6.03 Å². The molecule has 1 heterocycles. The first kappa shape index (κ1) is 21.0. The Bertz CT molecular complexity index is 754. The number of aryl methyl sites for hydroxylation is 1. The molecule has 0 bridgehead atoms. The van der Waals surface area contributed by atoms with Crippen LogP contribution in [0.1, 0.15) is 24.5 Å². The van der Waals surface area contributed by atoms with Crippen LogP contribution in [0.4, 0.5) is 4.79 Å². The van der Waals surface area contributed by atoms with E-state index >= 15 is 0 Å². The maximum atomic E-state index is 12.4. The molecule has 2 aromatic rings. The second-order valence-corrected chi connectivity index (χ2v) is 7.34. The number of carbonyl (C=O) groups excluding carboxylic acids is 1. The van der Waals surface area contributed by atoms with Gasteiger partial charge < -0.3 is 20.1 Å². The number of hydrogen-bond donors (Lipinski definition) is 2. The van der Waals surface area contributed by atoms with Gasteiger partial charge >= 0.3 is 6.03 Å². The first-order valence-corrected chi connectivity index (χ1v) is 10.4. The summed E-state index contributed by atoms with van der Waals surface area (Å²) in [5.41, 5.74) is 2.43. The zero-order valence-electron chi connectivity index (χ0n) is 17.1. The van der Waals surface area contributed by atoms with Crippen molar-refractivity contribution in [2.75, 3.05) is 39.3 Å². The summed E-state index contributed by atoms with van der Waals surface area (Å²) in [5, 5.41) is 12.3. The number of aromatic hydroxyl groups is 1. The Morgan fingerprint density at radius 1 is 1.00 bits per heavy atom. The first-order chi connectivity index (χ1) is 14.1. The number of amides is 2. The Morgan fingerprint density at radius 2 is 1.66 bits per heavy atom. The van der Waals surface area contributed by atoms with Gasteiger partial charge in [-0.05, 0) is 55.2 Å². The van der Waals surface area contributed by atoms with Gasteiger partial charge in [0.25, 0.3) is 0 Å². The molecular formula is C23H31N3O3. The molecule has 2 N–H and O–H groups in total. The van der Waals surface area contributed by atoms with Crippen LogP contribution >= 0.6 is 0 Å². The fourth-order valence-electron chi connectivity index (χ4n) is 3.49. The number of urea groups is 1.